The lowest BCUT2D eigenvalue weighted by atomic mass is 9.66. The highest BCUT2D eigenvalue weighted by atomic mass is 16.5. The van der Waals surface area contributed by atoms with Crippen molar-refractivity contribution in [1.82, 2.24) is 0 Å². The average Bonchev–Trinajstić information content (AvgIpc) is 2.73. The van der Waals surface area contributed by atoms with E-state index in [2.05, 4.69) is 0 Å². The van der Waals surface area contributed by atoms with E-state index in [1.54, 1.807) is 13.8 Å². The molecular formula is C24H36O3. The molecule has 1 saturated carbocycles. The number of carbonyl (C=O) groups is 1. The third-order valence-electron chi connectivity index (χ3n) is 5.32. The van der Waals surface area contributed by atoms with Crippen LogP contribution in [0.1, 0.15) is 119 Å². The van der Waals surface area contributed by atoms with E-state index in [9.17, 15) is 12.6 Å². The van der Waals surface area contributed by atoms with Crippen molar-refractivity contribution in [2.75, 3.05) is 0 Å². The zero-order valence-electron chi connectivity index (χ0n) is 28.2. The lowest BCUT2D eigenvalue weighted by Crippen LogP contribution is -2.47. The van der Waals surface area contributed by atoms with Gasteiger partial charge in [-0.1, -0.05) is 46.5 Å². The molecule has 0 unspecified atom stereocenters. The average molecular weight is 385 g/mol. The van der Waals surface area contributed by atoms with Crippen LogP contribution in [0.3, 0.4) is 0 Å². The first-order chi connectivity index (χ1) is 17.5. The number of aromatic hydroxyl groups is 1. The summed E-state index contributed by atoms with van der Waals surface area (Å²) in [5, 5.41) is 11.3. The summed E-state index contributed by atoms with van der Waals surface area (Å²) in [6.45, 7) is -2.01. The molecule has 0 radical (unpaired) electrons. The van der Waals surface area contributed by atoms with Crippen LogP contribution in [-0.4, -0.2) is 16.5 Å². The van der Waals surface area contributed by atoms with Gasteiger partial charge in [0.25, 0.3) is 0 Å². The van der Waals surface area contributed by atoms with E-state index in [1.165, 1.54) is 0 Å². The van der Waals surface area contributed by atoms with Gasteiger partial charge in [-0.05, 0) is 49.6 Å². The van der Waals surface area contributed by atoms with Crippen molar-refractivity contribution in [3.8, 4) is 11.5 Å². The molecule has 0 bridgehead atoms. The third kappa shape index (κ3) is 4.02. The van der Waals surface area contributed by atoms with E-state index < -0.39 is 90.7 Å². The van der Waals surface area contributed by atoms with Gasteiger partial charge < -0.3 is 9.84 Å². The molecule has 2 aliphatic rings. The van der Waals surface area contributed by atoms with Crippen molar-refractivity contribution in [2.45, 2.75) is 103 Å². The second-order valence-electron chi connectivity index (χ2n) is 8.08. The molecule has 0 spiro atoms. The van der Waals surface area contributed by atoms with Gasteiger partial charge in [0.05, 0.1) is 2.74 Å². The Morgan fingerprint density at radius 3 is 2.89 bits per heavy atom. The number of hydrogen-bond acceptors (Lipinski definition) is 3. The minimum absolute atomic E-state index is 0.0635. The number of rotatable bonds is 6. The van der Waals surface area contributed by atoms with Crippen LogP contribution in [0.15, 0.2) is 12.1 Å². The third-order valence-corrected chi connectivity index (χ3v) is 5.32. The maximum atomic E-state index is 12.7. The summed E-state index contributed by atoms with van der Waals surface area (Å²) in [6, 6.07) is -1.22. The number of carbonyl (C=O) groups excluding carboxylic acids is 1. The zero-order chi connectivity index (χ0) is 30.2. The van der Waals surface area contributed by atoms with Crippen LogP contribution in [0.4, 0.5) is 0 Å². The number of Topliss-reactive ketones (excluding diaryl/α,β-unsaturated/α-hetero) is 1. The molecule has 1 aromatic carbocycles. The van der Waals surface area contributed by atoms with E-state index in [0.29, 0.717) is 12.8 Å². The van der Waals surface area contributed by atoms with Crippen LogP contribution in [0.2, 0.25) is 0 Å². The number of fused-ring (bicyclic) bond motifs is 3. The fraction of sp³-hybridized carbons (Fsp3) is 0.708. The van der Waals surface area contributed by atoms with E-state index in [0.717, 1.165) is 19.3 Å². The zero-order valence-corrected chi connectivity index (χ0v) is 16.2. The number of phenolic OH excluding ortho intramolecular Hbond substituents is 1. The van der Waals surface area contributed by atoms with Gasteiger partial charge in [0.1, 0.15) is 22.9 Å². The summed E-state index contributed by atoms with van der Waals surface area (Å²) < 4.78 is 109. The van der Waals surface area contributed by atoms with Crippen molar-refractivity contribution in [3.05, 3.63) is 23.2 Å². The first kappa shape index (κ1) is 9.80. The Morgan fingerprint density at radius 1 is 1.41 bits per heavy atom. The number of unbranched alkanes of at least 4 members (excludes halogenated alkanes) is 3. The highest BCUT2D eigenvalue weighted by Gasteiger charge is 2.47. The Hall–Kier alpha value is -1.51. The fourth-order valence-electron chi connectivity index (χ4n) is 3.71. The quantitative estimate of drug-likeness (QED) is 0.588. The van der Waals surface area contributed by atoms with Gasteiger partial charge in [0, 0.05) is 43.9 Å². The Morgan fingerprint density at radius 2 is 2.19 bits per heavy atom. The van der Waals surface area contributed by atoms with Gasteiger partial charge in [0.2, 0.25) is 0 Å². The first-order valence-corrected chi connectivity index (χ1v) is 9.56. The summed E-state index contributed by atoms with van der Waals surface area (Å²) >= 11 is 0. The summed E-state index contributed by atoms with van der Waals surface area (Å²) in [5.74, 6) is -9.18. The van der Waals surface area contributed by atoms with Gasteiger partial charge in [-0.25, -0.2) is 0 Å². The van der Waals surface area contributed by atoms with E-state index in [1.807, 2.05) is 6.92 Å². The molecule has 3 nitrogen and oxygen atoms in total. The second kappa shape index (κ2) is 7.48. The van der Waals surface area contributed by atoms with Gasteiger partial charge in [-0.15, -0.1) is 0 Å². The molecule has 1 heterocycles. The predicted molar refractivity (Wildman–Crippen MR) is 110 cm³/mol. The van der Waals surface area contributed by atoms with Crippen LogP contribution in [0.25, 0.3) is 0 Å². The Balaban J connectivity index is 2.50. The molecule has 3 heteroatoms. The van der Waals surface area contributed by atoms with Crippen LogP contribution < -0.4 is 4.74 Å². The van der Waals surface area contributed by atoms with Crippen molar-refractivity contribution >= 4 is 5.78 Å². The molecule has 0 amide bonds. The smallest absolute Gasteiger partial charge is 0.133 e. The van der Waals surface area contributed by atoms with Crippen molar-refractivity contribution in [3.63, 3.8) is 0 Å². The predicted octanol–water partition coefficient (Wildman–Crippen LogP) is 6.26. The van der Waals surface area contributed by atoms with Crippen LogP contribution >= 0.6 is 0 Å². The lowest BCUT2D eigenvalue weighted by molar-refractivity contribution is -0.124. The Kier molecular flexibility index (Phi) is 2.72. The highest BCUT2D eigenvalue weighted by molar-refractivity contribution is 5.81. The number of ether oxygens (including phenoxy) is 1. The van der Waals surface area contributed by atoms with Crippen molar-refractivity contribution < 1.29 is 31.1 Å². The van der Waals surface area contributed by atoms with Gasteiger partial charge in [-0.2, -0.15) is 0 Å². The van der Waals surface area contributed by atoms with Crippen molar-refractivity contribution in [1.29, 1.82) is 0 Å². The van der Waals surface area contributed by atoms with Crippen LogP contribution in [0, 0.1) is 5.89 Å². The molecule has 27 heavy (non-hydrogen) atoms. The molecule has 0 saturated heterocycles. The molecule has 2 atom stereocenters. The fourth-order valence-corrected chi connectivity index (χ4v) is 3.71. The van der Waals surface area contributed by atoms with E-state index in [4.69, 9.17) is 18.4 Å². The molecule has 3 rings (SSSR count). The standard InChI is InChI=1S/C24H36O3/c1-6-7-8-9-12-23(2,3)16-13-20(26)22-18-15-17(25)10-11-19(18)24(4,5)27-21(22)14-16/h13-14,18-19,26H,6-12,15H2,1-5H3/t18-,19-/m1/s1/i4D3,5D3,11D2,13D,14D,18D,19D. The van der Waals surface area contributed by atoms with E-state index in [-0.39, 0.29) is 5.56 Å². The summed E-state index contributed by atoms with van der Waals surface area (Å²) in [5.41, 5.74) is -5.48. The maximum Gasteiger partial charge on any atom is 0.133 e. The van der Waals surface area contributed by atoms with Crippen molar-refractivity contribution in [2.24, 2.45) is 5.89 Å². The molecule has 1 aromatic rings. The number of phenols is 1. The number of hydrogen-bond donors (Lipinski definition) is 1. The van der Waals surface area contributed by atoms with Gasteiger partial charge >= 0.3 is 0 Å². The molecule has 1 aliphatic carbocycles. The minimum Gasteiger partial charge on any atom is -0.508 e. The van der Waals surface area contributed by atoms with E-state index >= 15 is 0 Å². The normalized spacial score (nSPS) is 38.9. The number of benzene rings is 1. The Labute approximate surface area is 181 Å². The second-order valence-corrected chi connectivity index (χ2v) is 8.08. The molecular weight excluding hydrogens is 336 g/mol. The molecule has 1 aliphatic heterocycles. The SMILES string of the molecule is [2H]c1c(O)c2c(c([2H])c1C(C)(C)CCCCCC)OC(C([2H])([2H])[2H])(C([2H])([2H])[2H])[C@]1([2H])C([2H])([2H])CC(=O)C[C@@]21[2H]. The first-order valence-electron chi connectivity index (χ1n) is 15.6. The largest absolute Gasteiger partial charge is 0.508 e. The summed E-state index contributed by atoms with van der Waals surface area (Å²) in [6.07, 6.45) is -1.30. The van der Waals surface area contributed by atoms with Gasteiger partial charge in [0.15, 0.2) is 0 Å². The van der Waals surface area contributed by atoms with Crippen LogP contribution in [0.5, 0.6) is 11.5 Å². The molecule has 1 fully saturated rings. The lowest BCUT2D eigenvalue weighted by Gasteiger charge is -2.47. The maximum absolute atomic E-state index is 12.7. The summed E-state index contributed by atoms with van der Waals surface area (Å²) in [7, 11) is 0. The highest BCUT2D eigenvalue weighted by Crippen LogP contribution is 2.54. The molecule has 0 aromatic heterocycles. The monoisotopic (exact) mass is 384 g/mol. The van der Waals surface area contributed by atoms with Gasteiger partial charge in [-0.3, -0.25) is 4.79 Å². The summed E-state index contributed by atoms with van der Waals surface area (Å²) in [4.78, 5) is 12.7. The molecule has 1 N–H and O–H groups in total. The minimum atomic E-state index is -3.74. The Bertz CT molecular complexity index is 1140. The topological polar surface area (TPSA) is 46.5 Å². The number of ketones is 1. The molecule has 150 valence electrons. The van der Waals surface area contributed by atoms with Crippen LogP contribution in [-0.2, 0) is 10.2 Å².